The highest BCUT2D eigenvalue weighted by Crippen LogP contribution is 2.36. The minimum Gasteiger partial charge on any atom is -0.508 e. The molecule has 0 atom stereocenters. The van der Waals surface area contributed by atoms with Gasteiger partial charge in [0.2, 0.25) is 0 Å². The molecule has 0 heterocycles. The lowest BCUT2D eigenvalue weighted by Gasteiger charge is -2.36. The van der Waals surface area contributed by atoms with E-state index in [4.69, 9.17) is 4.43 Å². The number of aromatic hydroxyl groups is 1. The van der Waals surface area contributed by atoms with Crippen LogP contribution >= 0.6 is 0 Å². The molecule has 0 saturated heterocycles. The monoisotopic (exact) mass is 266 g/mol. The van der Waals surface area contributed by atoms with Crippen LogP contribution in [0.15, 0.2) is 24.3 Å². The highest BCUT2D eigenvalue weighted by molar-refractivity contribution is 6.74. The van der Waals surface area contributed by atoms with Gasteiger partial charge >= 0.3 is 0 Å². The van der Waals surface area contributed by atoms with E-state index in [1.165, 1.54) is 5.56 Å². The summed E-state index contributed by atoms with van der Waals surface area (Å²) in [5.74, 6) is 0.330. The molecule has 0 bridgehead atoms. The molecule has 0 aliphatic heterocycles. The summed E-state index contributed by atoms with van der Waals surface area (Å²) in [7, 11) is -1.59. The second kappa shape index (κ2) is 5.89. The van der Waals surface area contributed by atoms with Gasteiger partial charge in [-0.15, -0.1) is 0 Å². The van der Waals surface area contributed by atoms with Gasteiger partial charge in [0.15, 0.2) is 8.32 Å². The van der Waals surface area contributed by atoms with Gasteiger partial charge in [-0.25, -0.2) is 0 Å². The summed E-state index contributed by atoms with van der Waals surface area (Å²) in [6, 6.07) is 7.43. The van der Waals surface area contributed by atoms with E-state index in [9.17, 15) is 5.11 Å². The van der Waals surface area contributed by atoms with Crippen molar-refractivity contribution < 1.29 is 9.53 Å². The molecule has 0 amide bonds. The fourth-order valence-corrected chi connectivity index (χ4v) is 2.57. The van der Waals surface area contributed by atoms with Crippen LogP contribution < -0.4 is 0 Å². The predicted octanol–water partition coefficient (Wildman–Crippen LogP) is 4.35. The van der Waals surface area contributed by atoms with Crippen molar-refractivity contribution >= 4 is 8.32 Å². The van der Waals surface area contributed by atoms with Gasteiger partial charge in [-0.2, -0.15) is 0 Å². The van der Waals surface area contributed by atoms with Crippen LogP contribution in [0.3, 0.4) is 0 Å². The average Bonchev–Trinajstić information content (AvgIpc) is 2.25. The number of rotatable bonds is 5. The fraction of sp³-hybridized carbons (Fsp3) is 0.600. The lowest BCUT2D eigenvalue weighted by Crippen LogP contribution is -2.41. The molecule has 0 aliphatic carbocycles. The molecule has 1 N–H and O–H groups in total. The average molecular weight is 266 g/mol. The van der Waals surface area contributed by atoms with E-state index in [0.717, 1.165) is 19.4 Å². The molecule has 1 aromatic carbocycles. The summed E-state index contributed by atoms with van der Waals surface area (Å²) < 4.78 is 6.13. The molecule has 2 nitrogen and oxygen atoms in total. The SMILES string of the molecule is CC(C)(C)[Si](C)(C)OCCCc1ccc(O)cc1. The molecule has 0 radical (unpaired) electrons. The first kappa shape index (κ1) is 15.3. The molecule has 3 heteroatoms. The standard InChI is InChI=1S/C15H26O2Si/c1-15(2,3)18(4,5)17-12-6-7-13-8-10-14(16)11-9-13/h8-11,16H,6-7,12H2,1-5H3. The summed E-state index contributed by atoms with van der Waals surface area (Å²) in [5, 5.41) is 9.49. The van der Waals surface area contributed by atoms with Crippen LogP contribution in [0, 0.1) is 0 Å². The summed E-state index contributed by atoms with van der Waals surface area (Å²) >= 11 is 0. The van der Waals surface area contributed by atoms with E-state index < -0.39 is 8.32 Å². The van der Waals surface area contributed by atoms with Crippen molar-refractivity contribution in [1.29, 1.82) is 0 Å². The fourth-order valence-electron chi connectivity index (χ4n) is 1.48. The molecule has 0 aliphatic rings. The van der Waals surface area contributed by atoms with Crippen LogP contribution in [0.1, 0.15) is 32.8 Å². The number of phenols is 1. The maximum absolute atomic E-state index is 9.21. The number of benzene rings is 1. The van der Waals surface area contributed by atoms with Gasteiger partial charge in [0, 0.05) is 6.61 Å². The Hall–Kier alpha value is -0.803. The molecule has 0 fully saturated rings. The first-order chi connectivity index (χ1) is 8.22. The van der Waals surface area contributed by atoms with E-state index in [1.807, 2.05) is 12.1 Å². The smallest absolute Gasteiger partial charge is 0.191 e. The Morgan fingerprint density at radius 2 is 1.67 bits per heavy atom. The predicted molar refractivity (Wildman–Crippen MR) is 79.6 cm³/mol. The number of hydrogen-bond acceptors (Lipinski definition) is 2. The van der Waals surface area contributed by atoms with Gasteiger partial charge in [-0.05, 0) is 48.7 Å². The first-order valence-corrected chi connectivity index (χ1v) is 9.55. The van der Waals surface area contributed by atoms with Crippen LogP contribution in [0.2, 0.25) is 18.1 Å². The third-order valence-electron chi connectivity index (χ3n) is 3.82. The second-order valence-electron chi connectivity index (χ2n) is 6.38. The quantitative estimate of drug-likeness (QED) is 0.634. The molecule has 1 aromatic rings. The second-order valence-corrected chi connectivity index (χ2v) is 11.2. The van der Waals surface area contributed by atoms with Gasteiger partial charge in [0.25, 0.3) is 0 Å². The molecule has 0 saturated carbocycles. The molecule has 0 aromatic heterocycles. The summed E-state index contributed by atoms with van der Waals surface area (Å²) in [6.07, 6.45) is 2.05. The molecule has 102 valence electrons. The van der Waals surface area contributed by atoms with Crippen molar-refractivity contribution in [3.8, 4) is 5.75 Å². The minimum atomic E-state index is -1.59. The van der Waals surface area contributed by atoms with E-state index in [0.29, 0.717) is 5.75 Å². The van der Waals surface area contributed by atoms with Crippen molar-refractivity contribution in [2.24, 2.45) is 0 Å². The minimum absolute atomic E-state index is 0.283. The lowest BCUT2D eigenvalue weighted by molar-refractivity contribution is 0.282. The van der Waals surface area contributed by atoms with E-state index in [-0.39, 0.29) is 5.04 Å². The van der Waals surface area contributed by atoms with Crippen molar-refractivity contribution in [2.75, 3.05) is 6.61 Å². The zero-order valence-electron chi connectivity index (χ0n) is 12.3. The summed E-state index contributed by atoms with van der Waals surface area (Å²) in [4.78, 5) is 0. The Bertz CT molecular complexity index is 363. The Balaban J connectivity index is 2.33. The number of hydrogen-bond donors (Lipinski definition) is 1. The number of aryl methyl sites for hydroxylation is 1. The summed E-state index contributed by atoms with van der Waals surface area (Å²) in [5.41, 5.74) is 1.26. The van der Waals surface area contributed by atoms with E-state index in [2.05, 4.69) is 33.9 Å². The lowest BCUT2D eigenvalue weighted by atomic mass is 10.1. The topological polar surface area (TPSA) is 29.5 Å². The van der Waals surface area contributed by atoms with Crippen LogP contribution in [0.25, 0.3) is 0 Å². The van der Waals surface area contributed by atoms with Gasteiger partial charge in [0.1, 0.15) is 5.75 Å². The first-order valence-electron chi connectivity index (χ1n) is 6.64. The van der Waals surface area contributed by atoms with E-state index in [1.54, 1.807) is 12.1 Å². The maximum atomic E-state index is 9.21. The highest BCUT2D eigenvalue weighted by Gasteiger charge is 2.36. The Morgan fingerprint density at radius 1 is 1.11 bits per heavy atom. The van der Waals surface area contributed by atoms with Gasteiger partial charge in [0.05, 0.1) is 0 Å². The van der Waals surface area contributed by atoms with Crippen molar-refractivity contribution in [1.82, 2.24) is 0 Å². The molecular formula is C15H26O2Si. The zero-order chi connectivity index (χ0) is 13.8. The van der Waals surface area contributed by atoms with Gasteiger partial charge in [-0.3, -0.25) is 0 Å². The Kier molecular flexibility index (Phi) is 4.99. The molecule has 0 spiro atoms. The van der Waals surface area contributed by atoms with Crippen LogP contribution in [-0.2, 0) is 10.8 Å². The Labute approximate surface area is 112 Å². The molecule has 18 heavy (non-hydrogen) atoms. The van der Waals surface area contributed by atoms with Crippen molar-refractivity contribution in [3.63, 3.8) is 0 Å². The molecular weight excluding hydrogens is 240 g/mol. The molecule has 1 rings (SSSR count). The largest absolute Gasteiger partial charge is 0.508 e. The van der Waals surface area contributed by atoms with Gasteiger partial charge in [-0.1, -0.05) is 32.9 Å². The van der Waals surface area contributed by atoms with Crippen LogP contribution in [-0.4, -0.2) is 20.0 Å². The zero-order valence-corrected chi connectivity index (χ0v) is 13.3. The molecule has 0 unspecified atom stereocenters. The Morgan fingerprint density at radius 3 is 2.17 bits per heavy atom. The number of phenolic OH excluding ortho intramolecular Hbond substituents is 1. The maximum Gasteiger partial charge on any atom is 0.191 e. The van der Waals surface area contributed by atoms with Gasteiger partial charge < -0.3 is 9.53 Å². The summed E-state index contributed by atoms with van der Waals surface area (Å²) in [6.45, 7) is 12.2. The third-order valence-corrected chi connectivity index (χ3v) is 8.35. The van der Waals surface area contributed by atoms with Crippen molar-refractivity contribution in [2.45, 2.75) is 51.7 Å². The highest BCUT2D eigenvalue weighted by atomic mass is 28.4. The van der Waals surface area contributed by atoms with Crippen LogP contribution in [0.5, 0.6) is 5.75 Å². The van der Waals surface area contributed by atoms with Crippen molar-refractivity contribution in [3.05, 3.63) is 29.8 Å². The van der Waals surface area contributed by atoms with Crippen LogP contribution in [0.4, 0.5) is 0 Å². The normalized spacial score (nSPS) is 12.7. The third kappa shape index (κ3) is 4.46. The van der Waals surface area contributed by atoms with E-state index >= 15 is 0 Å².